The third-order valence-corrected chi connectivity index (χ3v) is 4.04. The lowest BCUT2D eigenvalue weighted by atomic mass is 9.91. The Hall–Kier alpha value is -0.0800. The quantitative estimate of drug-likeness (QED) is 0.646. The summed E-state index contributed by atoms with van der Waals surface area (Å²) in [5.41, 5.74) is 0. The Morgan fingerprint density at radius 3 is 2.85 bits per heavy atom. The van der Waals surface area contributed by atoms with Gasteiger partial charge in [0, 0.05) is 19.7 Å². The van der Waals surface area contributed by atoms with Crippen LogP contribution in [0.2, 0.25) is 0 Å². The van der Waals surface area contributed by atoms with Crippen LogP contribution in [-0.4, -0.2) is 37.7 Å². The fraction of sp³-hybridized carbons (Fsp3) is 1.00. The highest BCUT2D eigenvalue weighted by atomic mass is 16.5. The van der Waals surface area contributed by atoms with Crippen LogP contribution in [0.1, 0.15) is 26.2 Å². The van der Waals surface area contributed by atoms with Crippen LogP contribution in [0.4, 0.5) is 0 Å². The molecule has 0 amide bonds. The van der Waals surface area contributed by atoms with Gasteiger partial charge in [0.05, 0.1) is 6.10 Å². The highest BCUT2D eigenvalue weighted by molar-refractivity contribution is 4.97. The van der Waals surface area contributed by atoms with Crippen molar-refractivity contribution >= 4 is 0 Å². The maximum Gasteiger partial charge on any atom is 0.0701 e. The van der Waals surface area contributed by atoms with Crippen LogP contribution in [0.15, 0.2) is 0 Å². The topological polar surface area (TPSA) is 12.5 Å². The summed E-state index contributed by atoms with van der Waals surface area (Å²) in [5, 5.41) is 0. The molecule has 0 aromatic heterocycles. The van der Waals surface area contributed by atoms with Gasteiger partial charge in [-0.25, -0.2) is 0 Å². The predicted octanol–water partition coefficient (Wildman–Crippen LogP) is 1.75. The van der Waals surface area contributed by atoms with E-state index < -0.39 is 0 Å². The molecule has 0 radical (unpaired) electrons. The highest BCUT2D eigenvalue weighted by Crippen LogP contribution is 2.42. The number of likely N-dealkylation sites (tertiary alicyclic amines) is 1. The summed E-state index contributed by atoms with van der Waals surface area (Å²) in [7, 11) is 4.08. The van der Waals surface area contributed by atoms with Gasteiger partial charge < -0.3 is 9.64 Å². The Morgan fingerprint density at radius 2 is 2.15 bits per heavy atom. The number of ether oxygens (including phenoxy) is 1. The lowest BCUT2D eigenvalue weighted by Gasteiger charge is -2.29. The van der Waals surface area contributed by atoms with E-state index in [-0.39, 0.29) is 0 Å². The first kappa shape index (κ1) is 9.47. The second kappa shape index (κ2) is 3.58. The van der Waals surface area contributed by atoms with Gasteiger partial charge in [0.15, 0.2) is 0 Å². The molecular formula is C11H21NO. The molecule has 76 valence electrons. The molecule has 2 nitrogen and oxygen atoms in total. The Labute approximate surface area is 81.3 Å². The molecule has 0 aromatic carbocycles. The highest BCUT2D eigenvalue weighted by Gasteiger charge is 2.44. The van der Waals surface area contributed by atoms with Gasteiger partial charge in [-0.1, -0.05) is 6.42 Å². The minimum absolute atomic E-state index is 0.401. The Kier molecular flexibility index (Phi) is 2.61. The SMILES string of the molecule is COC(C)C1[C@H]2CCCC2CN1C. The summed E-state index contributed by atoms with van der Waals surface area (Å²) in [5.74, 6) is 1.88. The normalized spacial score (nSPS) is 42.2. The van der Waals surface area contributed by atoms with E-state index in [0.717, 1.165) is 11.8 Å². The zero-order valence-corrected chi connectivity index (χ0v) is 8.99. The van der Waals surface area contributed by atoms with Gasteiger partial charge in [-0.05, 0) is 38.6 Å². The number of fused-ring (bicyclic) bond motifs is 1. The zero-order valence-electron chi connectivity index (χ0n) is 8.99. The second-order valence-corrected chi connectivity index (χ2v) is 4.73. The molecule has 3 unspecified atom stereocenters. The minimum Gasteiger partial charge on any atom is -0.380 e. The fourth-order valence-electron chi connectivity index (χ4n) is 3.41. The third kappa shape index (κ3) is 1.50. The van der Waals surface area contributed by atoms with E-state index >= 15 is 0 Å². The second-order valence-electron chi connectivity index (χ2n) is 4.73. The average Bonchev–Trinajstić information content (AvgIpc) is 2.62. The number of hydrogen-bond donors (Lipinski definition) is 0. The van der Waals surface area contributed by atoms with E-state index in [2.05, 4.69) is 18.9 Å². The summed E-state index contributed by atoms with van der Waals surface area (Å²) in [6.07, 6.45) is 4.71. The van der Waals surface area contributed by atoms with Crippen LogP contribution < -0.4 is 0 Å². The number of likely N-dealkylation sites (N-methyl/N-ethyl adjacent to an activating group) is 1. The van der Waals surface area contributed by atoms with E-state index in [0.29, 0.717) is 12.1 Å². The maximum absolute atomic E-state index is 5.47. The van der Waals surface area contributed by atoms with Gasteiger partial charge in [-0.2, -0.15) is 0 Å². The standard InChI is InChI=1S/C11H21NO/c1-8(13-3)11-10-6-4-5-9(10)7-12(11)2/h8-11H,4-7H2,1-3H3/t8?,9?,10-,11?/m0/s1. The molecule has 0 spiro atoms. The van der Waals surface area contributed by atoms with Gasteiger partial charge in [-0.15, -0.1) is 0 Å². The molecule has 2 heteroatoms. The van der Waals surface area contributed by atoms with Crippen molar-refractivity contribution in [2.45, 2.75) is 38.3 Å². The van der Waals surface area contributed by atoms with Crippen LogP contribution in [0, 0.1) is 11.8 Å². The fourth-order valence-corrected chi connectivity index (χ4v) is 3.41. The molecule has 1 heterocycles. The summed E-state index contributed by atoms with van der Waals surface area (Å²) in [4.78, 5) is 2.50. The van der Waals surface area contributed by atoms with E-state index in [4.69, 9.17) is 4.74 Å². The van der Waals surface area contributed by atoms with Crippen molar-refractivity contribution in [3.63, 3.8) is 0 Å². The van der Waals surface area contributed by atoms with Crippen molar-refractivity contribution in [3.8, 4) is 0 Å². The molecule has 2 aliphatic rings. The molecule has 2 fully saturated rings. The zero-order chi connectivity index (χ0) is 9.42. The van der Waals surface area contributed by atoms with Gasteiger partial charge in [0.25, 0.3) is 0 Å². The molecule has 1 saturated heterocycles. The largest absolute Gasteiger partial charge is 0.380 e. The Morgan fingerprint density at radius 1 is 1.38 bits per heavy atom. The lowest BCUT2D eigenvalue weighted by Crippen LogP contribution is -2.39. The molecule has 1 saturated carbocycles. The first-order valence-electron chi connectivity index (χ1n) is 5.47. The molecule has 0 bridgehead atoms. The summed E-state index contributed by atoms with van der Waals surface area (Å²) < 4.78 is 5.47. The smallest absolute Gasteiger partial charge is 0.0701 e. The van der Waals surface area contributed by atoms with Crippen molar-refractivity contribution in [2.24, 2.45) is 11.8 Å². The predicted molar refractivity (Wildman–Crippen MR) is 53.7 cm³/mol. The molecule has 13 heavy (non-hydrogen) atoms. The van der Waals surface area contributed by atoms with Crippen LogP contribution in [-0.2, 0) is 4.74 Å². The van der Waals surface area contributed by atoms with Crippen LogP contribution in [0.5, 0.6) is 0 Å². The minimum atomic E-state index is 0.401. The molecule has 1 aliphatic carbocycles. The monoisotopic (exact) mass is 183 g/mol. The number of methoxy groups -OCH3 is 1. The van der Waals surface area contributed by atoms with Crippen molar-refractivity contribution in [1.29, 1.82) is 0 Å². The summed E-state index contributed by atoms with van der Waals surface area (Å²) in [6, 6.07) is 0.678. The first-order chi connectivity index (χ1) is 6.24. The van der Waals surface area contributed by atoms with Gasteiger partial charge >= 0.3 is 0 Å². The van der Waals surface area contributed by atoms with Gasteiger partial charge in [0.2, 0.25) is 0 Å². The average molecular weight is 183 g/mol. The number of nitrogens with zero attached hydrogens (tertiary/aromatic N) is 1. The summed E-state index contributed by atoms with van der Waals surface area (Å²) in [6.45, 7) is 3.50. The molecule has 0 aromatic rings. The van der Waals surface area contributed by atoms with E-state index in [9.17, 15) is 0 Å². The van der Waals surface area contributed by atoms with Crippen molar-refractivity contribution in [1.82, 2.24) is 4.90 Å². The Balaban J connectivity index is 2.07. The lowest BCUT2D eigenvalue weighted by molar-refractivity contribution is 0.0362. The maximum atomic E-state index is 5.47. The van der Waals surface area contributed by atoms with Gasteiger partial charge in [-0.3, -0.25) is 0 Å². The van der Waals surface area contributed by atoms with Gasteiger partial charge in [0.1, 0.15) is 0 Å². The van der Waals surface area contributed by atoms with Crippen molar-refractivity contribution in [2.75, 3.05) is 20.7 Å². The van der Waals surface area contributed by atoms with E-state index in [1.165, 1.54) is 25.8 Å². The molecule has 0 N–H and O–H groups in total. The molecule has 1 aliphatic heterocycles. The Bertz CT molecular complexity index is 179. The molecule has 2 rings (SSSR count). The van der Waals surface area contributed by atoms with E-state index in [1.54, 1.807) is 0 Å². The van der Waals surface area contributed by atoms with Crippen LogP contribution in [0.25, 0.3) is 0 Å². The molecule has 4 atom stereocenters. The third-order valence-electron chi connectivity index (χ3n) is 4.04. The van der Waals surface area contributed by atoms with Crippen molar-refractivity contribution < 1.29 is 4.74 Å². The number of rotatable bonds is 2. The van der Waals surface area contributed by atoms with E-state index in [1.807, 2.05) is 7.11 Å². The number of hydrogen-bond acceptors (Lipinski definition) is 2. The van der Waals surface area contributed by atoms with Crippen LogP contribution in [0.3, 0.4) is 0 Å². The molecular weight excluding hydrogens is 162 g/mol. The summed E-state index contributed by atoms with van der Waals surface area (Å²) >= 11 is 0. The van der Waals surface area contributed by atoms with Crippen molar-refractivity contribution in [3.05, 3.63) is 0 Å². The first-order valence-corrected chi connectivity index (χ1v) is 5.47. The van der Waals surface area contributed by atoms with Crippen LogP contribution >= 0.6 is 0 Å².